The zero-order valence-corrected chi connectivity index (χ0v) is 13.6. The molecule has 0 saturated heterocycles. The van der Waals surface area contributed by atoms with Crippen molar-refractivity contribution in [1.29, 1.82) is 0 Å². The van der Waals surface area contributed by atoms with Crippen LogP contribution in [-0.2, 0) is 16.6 Å². The number of benzene rings is 1. The highest BCUT2D eigenvalue weighted by Gasteiger charge is 2.26. The van der Waals surface area contributed by atoms with E-state index < -0.39 is 16.6 Å². The lowest BCUT2D eigenvalue weighted by atomic mass is 10.4. The molecular formula is C12H11Cl2F2N3O2S. The van der Waals surface area contributed by atoms with Crippen LogP contribution < -0.4 is 0 Å². The lowest BCUT2D eigenvalue weighted by Gasteiger charge is -2.18. The Kier molecular flexibility index (Phi) is 5.06. The SMILES string of the molecule is CN(Cc1nccn1C(F)F)S(=O)(=O)c1cc(Cl)ccc1Cl. The first kappa shape index (κ1) is 17.1. The number of nitrogens with zero attached hydrogens (tertiary/aromatic N) is 3. The molecule has 0 saturated carbocycles. The summed E-state index contributed by atoms with van der Waals surface area (Å²) in [5.41, 5.74) is 0. The molecule has 0 amide bonds. The van der Waals surface area contributed by atoms with Crippen LogP contribution in [0, 0.1) is 0 Å². The Bertz CT molecular complexity index is 780. The standard InChI is InChI=1S/C12H11Cl2F2N3O2S/c1-18(7-11-17-4-5-19(11)12(15)16)22(20,21)10-6-8(13)2-3-9(10)14/h2-6,12H,7H2,1H3. The molecule has 0 N–H and O–H groups in total. The van der Waals surface area contributed by atoms with Crippen molar-refractivity contribution in [2.75, 3.05) is 7.05 Å². The van der Waals surface area contributed by atoms with Gasteiger partial charge in [0.05, 0.1) is 11.6 Å². The van der Waals surface area contributed by atoms with E-state index in [4.69, 9.17) is 23.2 Å². The molecule has 0 radical (unpaired) electrons. The highest BCUT2D eigenvalue weighted by Crippen LogP contribution is 2.28. The van der Waals surface area contributed by atoms with Crippen LogP contribution in [-0.4, -0.2) is 29.3 Å². The average molecular weight is 370 g/mol. The minimum atomic E-state index is -3.99. The molecule has 10 heteroatoms. The summed E-state index contributed by atoms with van der Waals surface area (Å²) < 4.78 is 51.9. The number of alkyl halides is 2. The van der Waals surface area contributed by atoms with Gasteiger partial charge in [-0.2, -0.15) is 13.1 Å². The maximum absolute atomic E-state index is 12.8. The summed E-state index contributed by atoms with van der Waals surface area (Å²) in [4.78, 5) is 3.55. The Hall–Kier alpha value is -1.22. The van der Waals surface area contributed by atoms with Crippen molar-refractivity contribution < 1.29 is 17.2 Å². The maximum atomic E-state index is 12.8. The van der Waals surface area contributed by atoms with Crippen LogP contribution in [0.3, 0.4) is 0 Å². The molecule has 1 aromatic heterocycles. The van der Waals surface area contributed by atoms with Gasteiger partial charge >= 0.3 is 6.55 Å². The largest absolute Gasteiger partial charge is 0.319 e. The minimum Gasteiger partial charge on any atom is -0.277 e. The van der Waals surface area contributed by atoms with Gasteiger partial charge in [0, 0.05) is 24.5 Å². The van der Waals surface area contributed by atoms with Gasteiger partial charge in [-0.05, 0) is 18.2 Å². The Morgan fingerprint density at radius 1 is 1.36 bits per heavy atom. The molecule has 1 aromatic carbocycles. The van der Waals surface area contributed by atoms with Gasteiger partial charge in [0.25, 0.3) is 0 Å². The zero-order chi connectivity index (χ0) is 16.5. The Balaban J connectivity index is 2.33. The molecule has 0 fully saturated rings. The van der Waals surface area contributed by atoms with E-state index in [9.17, 15) is 17.2 Å². The molecule has 1 heterocycles. The predicted molar refractivity (Wildman–Crippen MR) is 78.6 cm³/mol. The second-order valence-electron chi connectivity index (χ2n) is 4.36. The van der Waals surface area contributed by atoms with Crippen molar-refractivity contribution >= 4 is 33.2 Å². The van der Waals surface area contributed by atoms with Gasteiger partial charge in [0.1, 0.15) is 10.7 Å². The molecular weight excluding hydrogens is 359 g/mol. The van der Waals surface area contributed by atoms with Gasteiger partial charge < -0.3 is 0 Å². The summed E-state index contributed by atoms with van der Waals surface area (Å²) in [5.74, 6) is -0.0841. The molecule has 0 atom stereocenters. The normalized spacial score (nSPS) is 12.3. The first-order chi connectivity index (χ1) is 10.2. The number of hydrogen-bond acceptors (Lipinski definition) is 3. The van der Waals surface area contributed by atoms with Gasteiger partial charge in [-0.25, -0.2) is 13.4 Å². The van der Waals surface area contributed by atoms with Gasteiger partial charge in [0.2, 0.25) is 10.0 Å². The number of imidazole rings is 1. The quantitative estimate of drug-likeness (QED) is 0.811. The van der Waals surface area contributed by atoms with Crippen molar-refractivity contribution in [2.45, 2.75) is 18.0 Å². The second kappa shape index (κ2) is 6.49. The number of sulfonamides is 1. The number of rotatable bonds is 5. The third kappa shape index (κ3) is 3.40. The number of aromatic nitrogens is 2. The van der Waals surface area contributed by atoms with E-state index in [0.29, 0.717) is 4.57 Å². The highest BCUT2D eigenvalue weighted by atomic mass is 35.5. The van der Waals surface area contributed by atoms with Gasteiger partial charge in [-0.3, -0.25) is 4.57 Å². The summed E-state index contributed by atoms with van der Waals surface area (Å²) in [6.45, 7) is -3.13. The number of halogens is 4. The Morgan fingerprint density at radius 3 is 2.68 bits per heavy atom. The molecule has 2 rings (SSSR count). The van der Waals surface area contributed by atoms with E-state index in [1.165, 1.54) is 31.4 Å². The third-order valence-corrected chi connectivity index (χ3v) is 5.42. The summed E-state index contributed by atoms with van der Waals surface area (Å²) in [7, 11) is -2.74. The average Bonchev–Trinajstić information content (AvgIpc) is 2.89. The van der Waals surface area contributed by atoms with Crippen molar-refractivity contribution in [1.82, 2.24) is 13.9 Å². The third-order valence-electron chi connectivity index (χ3n) is 2.90. The van der Waals surface area contributed by atoms with Gasteiger partial charge in [0.15, 0.2) is 0 Å². The van der Waals surface area contributed by atoms with Crippen molar-refractivity contribution in [3.05, 3.63) is 46.5 Å². The van der Waals surface area contributed by atoms with E-state index >= 15 is 0 Å². The first-order valence-corrected chi connectivity index (χ1v) is 8.14. The lowest BCUT2D eigenvalue weighted by molar-refractivity contribution is 0.0658. The molecule has 0 aliphatic rings. The van der Waals surface area contributed by atoms with E-state index in [0.717, 1.165) is 10.5 Å². The molecule has 0 aliphatic carbocycles. The molecule has 0 bridgehead atoms. The molecule has 0 unspecified atom stereocenters. The van der Waals surface area contributed by atoms with E-state index in [-0.39, 0.29) is 27.3 Å². The van der Waals surface area contributed by atoms with E-state index in [2.05, 4.69) is 4.98 Å². The lowest BCUT2D eigenvalue weighted by Crippen LogP contribution is -2.28. The fraction of sp³-hybridized carbons (Fsp3) is 0.250. The summed E-state index contributed by atoms with van der Waals surface area (Å²) >= 11 is 11.7. The van der Waals surface area contributed by atoms with Gasteiger partial charge in [-0.1, -0.05) is 23.2 Å². The fourth-order valence-corrected chi connectivity index (χ4v) is 3.63. The van der Waals surface area contributed by atoms with Crippen LogP contribution in [0.15, 0.2) is 35.5 Å². The number of hydrogen-bond donors (Lipinski definition) is 0. The minimum absolute atomic E-state index is 0.00606. The Morgan fingerprint density at radius 2 is 2.05 bits per heavy atom. The van der Waals surface area contributed by atoms with Crippen LogP contribution in [0.25, 0.3) is 0 Å². The highest BCUT2D eigenvalue weighted by molar-refractivity contribution is 7.89. The molecule has 0 aliphatic heterocycles. The molecule has 22 heavy (non-hydrogen) atoms. The van der Waals surface area contributed by atoms with Crippen LogP contribution in [0.5, 0.6) is 0 Å². The fourth-order valence-electron chi connectivity index (χ4n) is 1.77. The van der Waals surface area contributed by atoms with Crippen molar-refractivity contribution in [2.24, 2.45) is 0 Å². The first-order valence-electron chi connectivity index (χ1n) is 5.94. The molecule has 2 aromatic rings. The van der Waals surface area contributed by atoms with Crippen LogP contribution in [0.1, 0.15) is 12.4 Å². The summed E-state index contributed by atoms with van der Waals surface area (Å²) in [5, 5.41) is 0.193. The molecule has 120 valence electrons. The maximum Gasteiger partial charge on any atom is 0.319 e. The predicted octanol–water partition coefficient (Wildman–Crippen LogP) is 3.41. The zero-order valence-electron chi connectivity index (χ0n) is 11.2. The van der Waals surface area contributed by atoms with Crippen LogP contribution >= 0.6 is 23.2 Å². The summed E-state index contributed by atoms with van der Waals surface area (Å²) in [6, 6.07) is 4.01. The van der Waals surface area contributed by atoms with Gasteiger partial charge in [-0.15, -0.1) is 0 Å². The van der Waals surface area contributed by atoms with E-state index in [1.54, 1.807) is 0 Å². The molecule has 0 spiro atoms. The van der Waals surface area contributed by atoms with Crippen molar-refractivity contribution in [3.63, 3.8) is 0 Å². The van der Waals surface area contributed by atoms with Crippen molar-refractivity contribution in [3.8, 4) is 0 Å². The smallest absolute Gasteiger partial charge is 0.277 e. The Labute approximate surface area is 136 Å². The van der Waals surface area contributed by atoms with Crippen LogP contribution in [0.4, 0.5) is 8.78 Å². The second-order valence-corrected chi connectivity index (χ2v) is 7.22. The molecule has 5 nitrogen and oxygen atoms in total. The topological polar surface area (TPSA) is 55.2 Å². The van der Waals surface area contributed by atoms with E-state index in [1.807, 2.05) is 0 Å². The monoisotopic (exact) mass is 369 g/mol. The summed E-state index contributed by atoms with van der Waals surface area (Å²) in [6.07, 6.45) is 2.25. The van der Waals surface area contributed by atoms with Crippen LogP contribution in [0.2, 0.25) is 10.0 Å².